The van der Waals surface area contributed by atoms with Crippen LogP contribution < -0.4 is 10.2 Å². The predicted molar refractivity (Wildman–Crippen MR) is 148 cm³/mol. The molecule has 2 heterocycles. The number of aromatic nitrogens is 2. The number of anilines is 2. The van der Waals surface area contributed by atoms with Crippen molar-refractivity contribution in [3.63, 3.8) is 0 Å². The van der Waals surface area contributed by atoms with Gasteiger partial charge in [0.1, 0.15) is 5.82 Å². The molecule has 1 amide bonds. The molecule has 0 spiro atoms. The molecule has 0 saturated carbocycles. The number of ketones is 1. The molecule has 1 aliphatic rings. The minimum Gasteiger partial charge on any atom is -0.378 e. The van der Waals surface area contributed by atoms with Crippen molar-refractivity contribution in [2.24, 2.45) is 5.41 Å². The molecule has 194 valence electrons. The van der Waals surface area contributed by atoms with Gasteiger partial charge in [0.15, 0.2) is 5.78 Å². The van der Waals surface area contributed by atoms with Gasteiger partial charge in [-0.25, -0.2) is 4.98 Å². The summed E-state index contributed by atoms with van der Waals surface area (Å²) in [5.74, 6) is 0.549. The number of nitrogens with one attached hydrogen (secondary N) is 1. The fourth-order valence-electron chi connectivity index (χ4n) is 3.31. The second-order valence-corrected chi connectivity index (χ2v) is 9.35. The van der Waals surface area contributed by atoms with Gasteiger partial charge in [-0.2, -0.15) is 0 Å². The van der Waals surface area contributed by atoms with E-state index in [1.807, 2.05) is 40.7 Å². The first kappa shape index (κ1) is 28.9. The van der Waals surface area contributed by atoms with Gasteiger partial charge in [-0.3, -0.25) is 14.6 Å². The van der Waals surface area contributed by atoms with Gasteiger partial charge in [0, 0.05) is 35.3 Å². The van der Waals surface area contributed by atoms with Crippen molar-refractivity contribution in [1.29, 1.82) is 0 Å². The monoisotopic (exact) mass is 492 g/mol. The zero-order valence-electron chi connectivity index (χ0n) is 22.7. The molecule has 0 atom stereocenters. The molecular formula is C29H40N4O3. The quantitative estimate of drug-likeness (QED) is 0.441. The molecule has 1 fully saturated rings. The van der Waals surface area contributed by atoms with Crippen molar-refractivity contribution in [3.8, 4) is 0 Å². The number of carbonyl (C=O) groups excluding carboxylic acids is 2. The van der Waals surface area contributed by atoms with E-state index in [1.54, 1.807) is 42.6 Å². The SMILES string of the molecule is CC.CC(C)(C)C(=O)Nc1cccc(C(=O)c2ccc3ncc(N4CCOCC4)nc3c2)c1.CCC. The van der Waals surface area contributed by atoms with Crippen LogP contribution in [0.3, 0.4) is 0 Å². The molecule has 1 aromatic heterocycles. The molecule has 0 aliphatic carbocycles. The zero-order chi connectivity index (χ0) is 26.7. The summed E-state index contributed by atoms with van der Waals surface area (Å²) in [7, 11) is 0. The van der Waals surface area contributed by atoms with Crippen LogP contribution >= 0.6 is 0 Å². The lowest BCUT2D eigenvalue weighted by Crippen LogP contribution is -2.36. The normalized spacial score (nSPS) is 13.1. The highest BCUT2D eigenvalue weighted by atomic mass is 16.5. The maximum Gasteiger partial charge on any atom is 0.229 e. The molecule has 3 aromatic rings. The summed E-state index contributed by atoms with van der Waals surface area (Å²) >= 11 is 0. The first-order chi connectivity index (χ1) is 17.2. The Kier molecular flexibility index (Phi) is 11.0. The predicted octanol–water partition coefficient (Wildman–Crippen LogP) is 6.12. The maximum absolute atomic E-state index is 13.1. The number of ether oxygens (including phenoxy) is 1. The average molecular weight is 493 g/mol. The molecule has 2 aromatic carbocycles. The molecule has 7 heteroatoms. The molecule has 1 N–H and O–H groups in total. The highest BCUT2D eigenvalue weighted by Crippen LogP contribution is 2.22. The summed E-state index contributed by atoms with van der Waals surface area (Å²) in [4.78, 5) is 36.7. The van der Waals surface area contributed by atoms with E-state index in [0.717, 1.165) is 24.4 Å². The Morgan fingerprint density at radius 2 is 1.61 bits per heavy atom. The Bertz CT molecular complexity index is 1150. The lowest BCUT2D eigenvalue weighted by molar-refractivity contribution is -0.123. The largest absolute Gasteiger partial charge is 0.378 e. The van der Waals surface area contributed by atoms with Gasteiger partial charge < -0.3 is 15.0 Å². The van der Waals surface area contributed by atoms with Crippen LogP contribution in [0.5, 0.6) is 0 Å². The third-order valence-electron chi connectivity index (χ3n) is 5.19. The molecule has 1 saturated heterocycles. The van der Waals surface area contributed by atoms with Crippen molar-refractivity contribution in [3.05, 3.63) is 59.8 Å². The number of hydrogen-bond donors (Lipinski definition) is 1. The van der Waals surface area contributed by atoms with Gasteiger partial charge in [0.25, 0.3) is 0 Å². The van der Waals surface area contributed by atoms with Gasteiger partial charge in [0.2, 0.25) is 5.91 Å². The standard InChI is InChI=1S/C24H26N4O3.C3H8.C2H6/c1-24(2,3)23(30)26-18-6-4-5-16(13-18)22(29)17-7-8-19-20(14-17)27-21(15-25-19)28-9-11-31-12-10-28;1-3-2;1-2/h4-8,13-15H,9-12H2,1-3H3,(H,26,30);3H2,1-2H3;1-2H3. The Balaban J connectivity index is 0.000000850. The van der Waals surface area contributed by atoms with Gasteiger partial charge in [-0.1, -0.05) is 67.0 Å². The summed E-state index contributed by atoms with van der Waals surface area (Å²) in [5, 5.41) is 2.87. The number of amides is 1. The Hall–Kier alpha value is -3.32. The van der Waals surface area contributed by atoms with Crippen molar-refractivity contribution in [2.75, 3.05) is 36.5 Å². The van der Waals surface area contributed by atoms with Gasteiger partial charge in [0.05, 0.1) is 30.4 Å². The highest BCUT2D eigenvalue weighted by Gasteiger charge is 2.21. The molecule has 0 radical (unpaired) electrons. The molecular weight excluding hydrogens is 452 g/mol. The van der Waals surface area contributed by atoms with Crippen LogP contribution in [0.1, 0.15) is 70.8 Å². The van der Waals surface area contributed by atoms with Crippen LogP contribution in [-0.2, 0) is 9.53 Å². The lowest BCUT2D eigenvalue weighted by atomic mass is 9.95. The summed E-state index contributed by atoms with van der Waals surface area (Å²) in [6.45, 7) is 16.7. The number of morpholine rings is 1. The van der Waals surface area contributed by atoms with Gasteiger partial charge >= 0.3 is 0 Å². The minimum absolute atomic E-state index is 0.103. The lowest BCUT2D eigenvalue weighted by Gasteiger charge is -2.27. The third kappa shape index (κ3) is 7.85. The topological polar surface area (TPSA) is 84.4 Å². The van der Waals surface area contributed by atoms with E-state index in [9.17, 15) is 9.59 Å². The van der Waals surface area contributed by atoms with Crippen LogP contribution in [0.15, 0.2) is 48.7 Å². The Morgan fingerprint density at radius 3 is 2.25 bits per heavy atom. The first-order valence-electron chi connectivity index (χ1n) is 12.8. The fraction of sp³-hybridized carbons (Fsp3) is 0.448. The van der Waals surface area contributed by atoms with Crippen LogP contribution in [0.25, 0.3) is 11.0 Å². The van der Waals surface area contributed by atoms with Crippen LogP contribution in [0.2, 0.25) is 0 Å². The van der Waals surface area contributed by atoms with E-state index in [1.165, 1.54) is 6.42 Å². The number of fused-ring (bicyclic) bond motifs is 1. The first-order valence-corrected chi connectivity index (χ1v) is 12.8. The second-order valence-electron chi connectivity index (χ2n) is 9.35. The van der Waals surface area contributed by atoms with Gasteiger partial charge in [-0.15, -0.1) is 0 Å². The van der Waals surface area contributed by atoms with Crippen LogP contribution in [0, 0.1) is 5.41 Å². The van der Waals surface area contributed by atoms with E-state index in [4.69, 9.17) is 9.72 Å². The van der Waals surface area contributed by atoms with E-state index in [2.05, 4.69) is 29.0 Å². The molecule has 4 rings (SSSR count). The van der Waals surface area contributed by atoms with Crippen LogP contribution in [0.4, 0.5) is 11.5 Å². The number of rotatable bonds is 4. The highest BCUT2D eigenvalue weighted by molar-refractivity contribution is 6.11. The fourth-order valence-corrected chi connectivity index (χ4v) is 3.31. The summed E-state index contributed by atoms with van der Waals surface area (Å²) in [6.07, 6.45) is 3.01. The molecule has 1 aliphatic heterocycles. The van der Waals surface area contributed by atoms with Crippen molar-refractivity contribution in [2.45, 2.75) is 54.9 Å². The molecule has 7 nitrogen and oxygen atoms in total. The number of hydrogen-bond acceptors (Lipinski definition) is 6. The Labute approximate surface area is 215 Å². The van der Waals surface area contributed by atoms with E-state index in [-0.39, 0.29) is 11.7 Å². The zero-order valence-corrected chi connectivity index (χ0v) is 22.7. The molecule has 36 heavy (non-hydrogen) atoms. The van der Waals surface area contributed by atoms with Crippen molar-refractivity contribution >= 4 is 34.2 Å². The average Bonchev–Trinajstić information content (AvgIpc) is 2.89. The second kappa shape index (κ2) is 13.7. The third-order valence-corrected chi connectivity index (χ3v) is 5.19. The summed E-state index contributed by atoms with van der Waals surface area (Å²) < 4.78 is 5.40. The van der Waals surface area contributed by atoms with E-state index in [0.29, 0.717) is 35.5 Å². The number of benzene rings is 2. The molecule has 0 bridgehead atoms. The number of nitrogens with zero attached hydrogens (tertiary/aromatic N) is 3. The molecule has 0 unspecified atom stereocenters. The van der Waals surface area contributed by atoms with Gasteiger partial charge in [-0.05, 0) is 30.3 Å². The van der Waals surface area contributed by atoms with E-state index < -0.39 is 5.41 Å². The van der Waals surface area contributed by atoms with Crippen molar-refractivity contribution < 1.29 is 14.3 Å². The Morgan fingerprint density at radius 1 is 0.972 bits per heavy atom. The van der Waals surface area contributed by atoms with E-state index >= 15 is 0 Å². The maximum atomic E-state index is 13.1. The smallest absolute Gasteiger partial charge is 0.229 e. The minimum atomic E-state index is -0.519. The number of carbonyl (C=O) groups is 2. The summed E-state index contributed by atoms with van der Waals surface area (Å²) in [5.41, 5.74) is 2.52. The van der Waals surface area contributed by atoms with Crippen molar-refractivity contribution in [1.82, 2.24) is 9.97 Å². The summed E-state index contributed by atoms with van der Waals surface area (Å²) in [6, 6.07) is 12.3. The van der Waals surface area contributed by atoms with Crippen LogP contribution in [-0.4, -0.2) is 48.0 Å².